The maximum Gasteiger partial charge on any atom is 0.277 e. The number of benzene rings is 2. The smallest absolute Gasteiger partial charge is 0.277 e. The molecule has 0 aliphatic heterocycles. The van der Waals surface area contributed by atoms with Crippen molar-refractivity contribution in [1.82, 2.24) is 5.43 Å². The van der Waals surface area contributed by atoms with Crippen LogP contribution in [0.25, 0.3) is 0 Å². The molecule has 0 unspecified atom stereocenters. The molecule has 1 N–H and O–H groups in total. The van der Waals surface area contributed by atoms with Gasteiger partial charge in [0, 0.05) is 0 Å². The van der Waals surface area contributed by atoms with E-state index in [1.807, 2.05) is 50.2 Å². The van der Waals surface area contributed by atoms with Crippen molar-refractivity contribution < 1.29 is 14.3 Å². The molecule has 0 bridgehead atoms. The fourth-order valence-electron chi connectivity index (χ4n) is 2.14. The van der Waals surface area contributed by atoms with Crippen LogP contribution in [-0.2, 0) is 4.79 Å². The molecule has 0 aliphatic carbocycles. The molecule has 0 atom stereocenters. The fourth-order valence-corrected chi connectivity index (χ4v) is 2.70. The number of amides is 1. The first-order valence-electron chi connectivity index (χ1n) is 7.35. The zero-order valence-electron chi connectivity index (χ0n) is 13.8. The molecular formula is C18H19BrN2O3. The Labute approximate surface area is 149 Å². The first kappa shape index (κ1) is 18.0. The number of halogens is 1. The van der Waals surface area contributed by atoms with Gasteiger partial charge in [0.2, 0.25) is 0 Å². The first-order valence-corrected chi connectivity index (χ1v) is 8.15. The number of aryl methyl sites for hydroxylation is 2. The molecule has 24 heavy (non-hydrogen) atoms. The SMILES string of the molecule is COc1ccc(/C=N/NC(=O)COc2c(C)cccc2C)cc1Br. The van der Waals surface area contributed by atoms with Gasteiger partial charge in [-0.15, -0.1) is 0 Å². The molecule has 1 amide bonds. The van der Waals surface area contributed by atoms with Gasteiger partial charge in [-0.25, -0.2) is 5.43 Å². The molecule has 0 fully saturated rings. The number of nitrogens with zero attached hydrogens (tertiary/aromatic N) is 1. The predicted octanol–water partition coefficient (Wildman–Crippen LogP) is 3.60. The van der Waals surface area contributed by atoms with E-state index in [-0.39, 0.29) is 12.5 Å². The highest BCUT2D eigenvalue weighted by molar-refractivity contribution is 9.10. The Morgan fingerprint density at radius 1 is 1.25 bits per heavy atom. The van der Waals surface area contributed by atoms with Gasteiger partial charge < -0.3 is 9.47 Å². The van der Waals surface area contributed by atoms with E-state index in [0.717, 1.165) is 32.7 Å². The maximum absolute atomic E-state index is 11.8. The van der Waals surface area contributed by atoms with Crippen LogP contribution in [0.2, 0.25) is 0 Å². The molecule has 2 aromatic carbocycles. The van der Waals surface area contributed by atoms with Crippen molar-refractivity contribution in [2.24, 2.45) is 5.10 Å². The second-order valence-corrected chi connectivity index (χ2v) is 6.05. The quantitative estimate of drug-likeness (QED) is 0.605. The van der Waals surface area contributed by atoms with Gasteiger partial charge in [-0.05, 0) is 64.7 Å². The van der Waals surface area contributed by atoms with E-state index >= 15 is 0 Å². The summed E-state index contributed by atoms with van der Waals surface area (Å²) in [5, 5.41) is 3.93. The summed E-state index contributed by atoms with van der Waals surface area (Å²) >= 11 is 3.40. The average molecular weight is 391 g/mol. The van der Waals surface area contributed by atoms with Crippen molar-refractivity contribution in [1.29, 1.82) is 0 Å². The monoisotopic (exact) mass is 390 g/mol. The van der Waals surface area contributed by atoms with Gasteiger partial charge in [-0.3, -0.25) is 4.79 Å². The molecule has 2 rings (SSSR count). The summed E-state index contributed by atoms with van der Waals surface area (Å²) < 4.78 is 11.5. The van der Waals surface area contributed by atoms with Crippen LogP contribution in [0.5, 0.6) is 11.5 Å². The highest BCUT2D eigenvalue weighted by atomic mass is 79.9. The third kappa shape index (κ3) is 4.83. The molecule has 126 valence electrons. The van der Waals surface area contributed by atoms with Crippen LogP contribution in [0.4, 0.5) is 0 Å². The molecule has 2 aromatic rings. The second-order valence-electron chi connectivity index (χ2n) is 5.20. The maximum atomic E-state index is 11.8. The summed E-state index contributed by atoms with van der Waals surface area (Å²) in [6.45, 7) is 3.80. The lowest BCUT2D eigenvalue weighted by molar-refractivity contribution is -0.123. The number of rotatable bonds is 6. The number of carbonyl (C=O) groups is 1. The molecule has 0 saturated carbocycles. The second kappa shape index (κ2) is 8.49. The summed E-state index contributed by atoms with van der Waals surface area (Å²) in [7, 11) is 1.60. The minimum absolute atomic E-state index is 0.0880. The lowest BCUT2D eigenvalue weighted by Crippen LogP contribution is -2.25. The summed E-state index contributed by atoms with van der Waals surface area (Å²) in [5.74, 6) is 1.15. The van der Waals surface area contributed by atoms with E-state index in [9.17, 15) is 4.79 Å². The van der Waals surface area contributed by atoms with E-state index in [1.54, 1.807) is 13.3 Å². The standard InChI is InChI=1S/C18H19BrN2O3/c1-12-5-4-6-13(2)18(12)24-11-17(22)21-20-10-14-7-8-16(23-3)15(19)9-14/h4-10H,11H2,1-3H3,(H,21,22)/b20-10+. The van der Waals surface area contributed by atoms with E-state index in [0.29, 0.717) is 0 Å². The number of ether oxygens (including phenoxy) is 2. The molecule has 0 aromatic heterocycles. The van der Waals surface area contributed by atoms with Crippen molar-refractivity contribution in [3.8, 4) is 11.5 Å². The minimum atomic E-state index is -0.318. The third-order valence-corrected chi connectivity index (χ3v) is 3.95. The average Bonchev–Trinajstić information content (AvgIpc) is 2.54. The number of hydrogen-bond acceptors (Lipinski definition) is 4. The van der Waals surface area contributed by atoms with Crippen LogP contribution >= 0.6 is 15.9 Å². The van der Waals surface area contributed by atoms with E-state index in [1.165, 1.54) is 0 Å². The third-order valence-electron chi connectivity index (χ3n) is 3.34. The van der Waals surface area contributed by atoms with E-state index in [4.69, 9.17) is 9.47 Å². The Morgan fingerprint density at radius 2 is 1.96 bits per heavy atom. The van der Waals surface area contributed by atoms with Crippen LogP contribution in [-0.4, -0.2) is 25.8 Å². The van der Waals surface area contributed by atoms with Crippen molar-refractivity contribution >= 4 is 28.1 Å². The largest absolute Gasteiger partial charge is 0.496 e. The van der Waals surface area contributed by atoms with E-state index in [2.05, 4.69) is 26.5 Å². The first-order chi connectivity index (χ1) is 11.5. The van der Waals surface area contributed by atoms with Gasteiger partial charge in [0.05, 0.1) is 17.8 Å². The highest BCUT2D eigenvalue weighted by Gasteiger charge is 2.06. The van der Waals surface area contributed by atoms with Crippen molar-refractivity contribution in [2.75, 3.05) is 13.7 Å². The van der Waals surface area contributed by atoms with Gasteiger partial charge in [-0.2, -0.15) is 5.10 Å². The van der Waals surface area contributed by atoms with Crippen LogP contribution in [0.15, 0.2) is 46.0 Å². The highest BCUT2D eigenvalue weighted by Crippen LogP contribution is 2.25. The number of para-hydroxylation sites is 1. The summed E-state index contributed by atoms with van der Waals surface area (Å²) in [6.07, 6.45) is 1.56. The minimum Gasteiger partial charge on any atom is -0.496 e. The van der Waals surface area contributed by atoms with Gasteiger partial charge in [0.1, 0.15) is 11.5 Å². The molecule has 0 spiro atoms. The van der Waals surface area contributed by atoms with Crippen molar-refractivity contribution in [3.05, 3.63) is 57.6 Å². The number of methoxy groups -OCH3 is 1. The Kier molecular flexibility index (Phi) is 6.37. The Bertz CT molecular complexity index is 740. The lowest BCUT2D eigenvalue weighted by atomic mass is 10.1. The van der Waals surface area contributed by atoms with Crippen LogP contribution in [0, 0.1) is 13.8 Å². The van der Waals surface area contributed by atoms with Gasteiger partial charge in [0.15, 0.2) is 6.61 Å². The molecule has 5 nitrogen and oxygen atoms in total. The van der Waals surface area contributed by atoms with Crippen LogP contribution < -0.4 is 14.9 Å². The molecule has 0 heterocycles. The zero-order valence-corrected chi connectivity index (χ0v) is 15.4. The topological polar surface area (TPSA) is 59.9 Å². The molecule has 0 aliphatic rings. The molecule has 0 saturated heterocycles. The predicted molar refractivity (Wildman–Crippen MR) is 97.8 cm³/mol. The fraction of sp³-hybridized carbons (Fsp3) is 0.222. The van der Waals surface area contributed by atoms with Crippen LogP contribution in [0.1, 0.15) is 16.7 Å². The molecule has 6 heteroatoms. The summed E-state index contributed by atoms with van der Waals surface area (Å²) in [5.41, 5.74) is 5.27. The number of hydrogen-bond donors (Lipinski definition) is 1. The van der Waals surface area contributed by atoms with Crippen LogP contribution in [0.3, 0.4) is 0 Å². The van der Waals surface area contributed by atoms with E-state index < -0.39 is 0 Å². The summed E-state index contributed by atoms with van der Waals surface area (Å²) in [4.78, 5) is 11.8. The Hall–Kier alpha value is -2.34. The Morgan fingerprint density at radius 3 is 2.58 bits per heavy atom. The lowest BCUT2D eigenvalue weighted by Gasteiger charge is -2.10. The van der Waals surface area contributed by atoms with Crippen molar-refractivity contribution in [2.45, 2.75) is 13.8 Å². The number of carbonyl (C=O) groups excluding carboxylic acids is 1. The van der Waals surface area contributed by atoms with Gasteiger partial charge in [0.25, 0.3) is 5.91 Å². The number of hydrazone groups is 1. The molecule has 0 radical (unpaired) electrons. The Balaban J connectivity index is 1.88. The molecular weight excluding hydrogens is 372 g/mol. The normalized spacial score (nSPS) is 10.7. The van der Waals surface area contributed by atoms with Gasteiger partial charge >= 0.3 is 0 Å². The van der Waals surface area contributed by atoms with Crippen molar-refractivity contribution in [3.63, 3.8) is 0 Å². The zero-order chi connectivity index (χ0) is 17.5. The summed E-state index contributed by atoms with van der Waals surface area (Å²) in [6, 6.07) is 11.3. The number of nitrogens with one attached hydrogen (secondary N) is 1. The van der Waals surface area contributed by atoms with Gasteiger partial charge in [-0.1, -0.05) is 18.2 Å².